The van der Waals surface area contributed by atoms with E-state index >= 15 is 0 Å². The molecule has 0 amide bonds. The van der Waals surface area contributed by atoms with E-state index in [2.05, 4.69) is 12.2 Å². The summed E-state index contributed by atoms with van der Waals surface area (Å²) >= 11 is 6.00. The molecule has 1 rings (SSSR count). The summed E-state index contributed by atoms with van der Waals surface area (Å²) in [5.41, 5.74) is 0.989. The van der Waals surface area contributed by atoms with Crippen molar-refractivity contribution in [3.63, 3.8) is 0 Å². The molecule has 0 aliphatic rings. The lowest BCUT2D eigenvalue weighted by Crippen LogP contribution is -2.24. The number of rotatable bonds is 11. The fourth-order valence-electron chi connectivity index (χ4n) is 1.79. The third-order valence-corrected chi connectivity index (χ3v) is 3.21. The number of aliphatic hydroxyl groups is 1. The molecule has 0 aliphatic heterocycles. The number of halogens is 1. The molecule has 4 nitrogen and oxygen atoms in total. The van der Waals surface area contributed by atoms with Crippen molar-refractivity contribution in [2.45, 2.75) is 39.3 Å². The molecule has 1 aromatic rings. The van der Waals surface area contributed by atoms with Gasteiger partial charge in [-0.3, -0.25) is 0 Å². The molecule has 120 valence electrons. The van der Waals surface area contributed by atoms with Gasteiger partial charge in [0.05, 0.1) is 6.61 Å². The highest BCUT2D eigenvalue weighted by molar-refractivity contribution is 6.30. The van der Waals surface area contributed by atoms with Crippen molar-refractivity contribution in [3.8, 4) is 5.75 Å². The molecule has 1 aromatic carbocycles. The van der Waals surface area contributed by atoms with Crippen LogP contribution in [0.25, 0.3) is 0 Å². The molecule has 0 fully saturated rings. The highest BCUT2D eigenvalue weighted by Gasteiger charge is 2.09. The molecule has 0 aromatic heterocycles. The maximum atomic E-state index is 9.84. The van der Waals surface area contributed by atoms with Crippen LogP contribution in [0.3, 0.4) is 0 Å². The van der Waals surface area contributed by atoms with Crippen LogP contribution in [0.5, 0.6) is 5.75 Å². The van der Waals surface area contributed by atoms with E-state index in [0.717, 1.165) is 30.7 Å². The van der Waals surface area contributed by atoms with Crippen LogP contribution in [0.2, 0.25) is 5.02 Å². The Morgan fingerprint density at radius 1 is 1.29 bits per heavy atom. The Balaban J connectivity index is 2.42. The quantitative estimate of drug-likeness (QED) is 0.616. The average molecular weight is 316 g/mol. The first kappa shape index (κ1) is 18.2. The lowest BCUT2D eigenvalue weighted by molar-refractivity contribution is 0.0111. The van der Waals surface area contributed by atoms with Gasteiger partial charge in [-0.1, -0.05) is 31.9 Å². The second kappa shape index (κ2) is 10.9. The topological polar surface area (TPSA) is 50.7 Å². The minimum absolute atomic E-state index is 0.215. The van der Waals surface area contributed by atoms with Gasteiger partial charge in [-0.15, -0.1) is 0 Å². The molecule has 0 bridgehead atoms. The molecule has 1 unspecified atom stereocenters. The van der Waals surface area contributed by atoms with E-state index in [1.165, 1.54) is 0 Å². The van der Waals surface area contributed by atoms with E-state index in [-0.39, 0.29) is 6.61 Å². The number of unbranched alkanes of at least 4 members (excludes halogenated alkanes) is 1. The lowest BCUT2D eigenvalue weighted by Gasteiger charge is -2.15. The third kappa shape index (κ3) is 7.67. The van der Waals surface area contributed by atoms with Crippen molar-refractivity contribution in [1.29, 1.82) is 0 Å². The molecule has 2 N–H and O–H groups in total. The SMILES string of the molecule is CCCCOCC(O)COc1ccc(Cl)cc1CNCC. The van der Waals surface area contributed by atoms with Crippen molar-refractivity contribution >= 4 is 11.6 Å². The minimum Gasteiger partial charge on any atom is -0.490 e. The van der Waals surface area contributed by atoms with Crippen molar-refractivity contribution in [3.05, 3.63) is 28.8 Å². The first-order chi connectivity index (χ1) is 10.2. The van der Waals surface area contributed by atoms with Gasteiger partial charge in [-0.2, -0.15) is 0 Å². The molecular weight excluding hydrogens is 290 g/mol. The Morgan fingerprint density at radius 2 is 2.10 bits per heavy atom. The molecule has 0 saturated carbocycles. The standard InChI is InChI=1S/C16H26ClNO3/c1-3-5-8-20-11-15(19)12-21-16-7-6-14(17)9-13(16)10-18-4-2/h6-7,9,15,18-19H,3-5,8,10-12H2,1-2H3. The molecule has 0 aliphatic carbocycles. The number of benzene rings is 1. The molecular formula is C16H26ClNO3. The number of hydrogen-bond acceptors (Lipinski definition) is 4. The fourth-order valence-corrected chi connectivity index (χ4v) is 1.98. The summed E-state index contributed by atoms with van der Waals surface area (Å²) in [5, 5.41) is 13.8. The van der Waals surface area contributed by atoms with Gasteiger partial charge in [0, 0.05) is 23.7 Å². The van der Waals surface area contributed by atoms with Gasteiger partial charge in [0.15, 0.2) is 0 Å². The summed E-state index contributed by atoms with van der Waals surface area (Å²) in [6, 6.07) is 5.50. The maximum absolute atomic E-state index is 9.84. The Morgan fingerprint density at radius 3 is 2.81 bits per heavy atom. The van der Waals surface area contributed by atoms with Crippen molar-refractivity contribution < 1.29 is 14.6 Å². The van der Waals surface area contributed by atoms with Gasteiger partial charge in [0.25, 0.3) is 0 Å². The van der Waals surface area contributed by atoms with Crippen LogP contribution in [0, 0.1) is 0 Å². The normalized spacial score (nSPS) is 12.4. The summed E-state index contributed by atoms with van der Waals surface area (Å²) in [4.78, 5) is 0. The van der Waals surface area contributed by atoms with Gasteiger partial charge in [0.2, 0.25) is 0 Å². The maximum Gasteiger partial charge on any atom is 0.124 e. The van der Waals surface area contributed by atoms with Gasteiger partial charge < -0.3 is 19.9 Å². The second-order valence-electron chi connectivity index (χ2n) is 4.93. The van der Waals surface area contributed by atoms with E-state index in [1.54, 1.807) is 6.07 Å². The van der Waals surface area contributed by atoms with Crippen LogP contribution >= 0.6 is 11.6 Å². The van der Waals surface area contributed by atoms with Gasteiger partial charge in [0.1, 0.15) is 18.5 Å². The Hall–Kier alpha value is -0.810. The first-order valence-electron chi connectivity index (χ1n) is 7.55. The largest absolute Gasteiger partial charge is 0.490 e. The summed E-state index contributed by atoms with van der Waals surface area (Å²) in [6.07, 6.45) is 1.48. The minimum atomic E-state index is -0.621. The Labute approximate surface area is 132 Å². The molecule has 21 heavy (non-hydrogen) atoms. The summed E-state index contributed by atoms with van der Waals surface area (Å²) < 4.78 is 11.1. The Bertz CT molecular complexity index is 401. The van der Waals surface area contributed by atoms with Crippen molar-refractivity contribution in [2.75, 3.05) is 26.4 Å². The van der Waals surface area contributed by atoms with E-state index in [0.29, 0.717) is 24.8 Å². The molecule has 0 radical (unpaired) electrons. The van der Waals surface area contributed by atoms with Crippen molar-refractivity contribution in [2.24, 2.45) is 0 Å². The van der Waals surface area contributed by atoms with Crippen molar-refractivity contribution in [1.82, 2.24) is 5.32 Å². The van der Waals surface area contributed by atoms with Crippen LogP contribution in [-0.2, 0) is 11.3 Å². The number of hydrogen-bond donors (Lipinski definition) is 2. The summed E-state index contributed by atoms with van der Waals surface area (Å²) in [6.45, 7) is 6.91. The first-order valence-corrected chi connectivity index (χ1v) is 7.92. The van der Waals surface area contributed by atoms with E-state index in [4.69, 9.17) is 21.1 Å². The Kier molecular flexibility index (Phi) is 9.42. The van der Waals surface area contributed by atoms with Gasteiger partial charge in [-0.05, 0) is 31.2 Å². The third-order valence-electron chi connectivity index (χ3n) is 2.97. The monoisotopic (exact) mass is 315 g/mol. The zero-order valence-corrected chi connectivity index (χ0v) is 13.7. The van der Waals surface area contributed by atoms with Crippen LogP contribution in [0.15, 0.2) is 18.2 Å². The van der Waals surface area contributed by atoms with Gasteiger partial charge in [-0.25, -0.2) is 0 Å². The van der Waals surface area contributed by atoms with Gasteiger partial charge >= 0.3 is 0 Å². The number of aliphatic hydroxyl groups excluding tert-OH is 1. The second-order valence-corrected chi connectivity index (χ2v) is 5.36. The smallest absolute Gasteiger partial charge is 0.124 e. The summed E-state index contributed by atoms with van der Waals surface area (Å²) in [7, 11) is 0. The zero-order valence-electron chi connectivity index (χ0n) is 12.9. The molecule has 0 spiro atoms. The number of ether oxygens (including phenoxy) is 2. The fraction of sp³-hybridized carbons (Fsp3) is 0.625. The van der Waals surface area contributed by atoms with Crippen LogP contribution in [0.4, 0.5) is 0 Å². The van der Waals surface area contributed by atoms with Crippen LogP contribution < -0.4 is 10.1 Å². The highest BCUT2D eigenvalue weighted by Crippen LogP contribution is 2.23. The van der Waals surface area contributed by atoms with E-state index in [9.17, 15) is 5.11 Å². The van der Waals surface area contributed by atoms with Crippen LogP contribution in [-0.4, -0.2) is 37.6 Å². The van der Waals surface area contributed by atoms with Crippen LogP contribution in [0.1, 0.15) is 32.3 Å². The molecule has 1 atom stereocenters. The summed E-state index contributed by atoms with van der Waals surface area (Å²) in [5.74, 6) is 0.743. The highest BCUT2D eigenvalue weighted by atomic mass is 35.5. The average Bonchev–Trinajstić information content (AvgIpc) is 2.48. The molecule has 0 heterocycles. The zero-order chi connectivity index (χ0) is 15.5. The number of nitrogens with one attached hydrogen (secondary N) is 1. The molecule has 5 heteroatoms. The predicted molar refractivity (Wildman–Crippen MR) is 86.1 cm³/mol. The van der Waals surface area contributed by atoms with E-state index < -0.39 is 6.10 Å². The van der Waals surface area contributed by atoms with E-state index in [1.807, 2.05) is 19.1 Å². The molecule has 0 saturated heterocycles. The predicted octanol–water partition coefficient (Wildman–Crippen LogP) is 3.01. The lowest BCUT2D eigenvalue weighted by atomic mass is 10.2.